The topological polar surface area (TPSA) is 78.1 Å². The van der Waals surface area contributed by atoms with Gasteiger partial charge in [-0.2, -0.15) is 9.40 Å². The number of sulfonamides is 1. The average Bonchev–Trinajstić information content (AvgIpc) is 2.83. The molecule has 114 valence electrons. The van der Waals surface area contributed by atoms with Gasteiger partial charge in [-0.15, -0.1) is 0 Å². The molecule has 0 bridgehead atoms. The molecule has 2 rings (SSSR count). The number of nitrogens with one attached hydrogen (secondary N) is 2. The van der Waals surface area contributed by atoms with Gasteiger partial charge in [0, 0.05) is 25.2 Å². The Morgan fingerprint density at radius 2 is 2.25 bits per heavy atom. The summed E-state index contributed by atoms with van der Waals surface area (Å²) < 4.78 is 27.2. The molecule has 7 heteroatoms. The van der Waals surface area contributed by atoms with Crippen molar-refractivity contribution in [3.05, 3.63) is 11.9 Å². The molecular formula is C13H24N4O2S. The number of nitrogens with zero attached hydrogens (tertiary/aromatic N) is 2. The highest BCUT2D eigenvalue weighted by Gasteiger charge is 2.34. The van der Waals surface area contributed by atoms with Crippen LogP contribution in [0.4, 0.5) is 0 Å². The predicted molar refractivity (Wildman–Crippen MR) is 78.0 cm³/mol. The van der Waals surface area contributed by atoms with Gasteiger partial charge in [-0.05, 0) is 19.8 Å². The van der Waals surface area contributed by atoms with Crippen LogP contribution >= 0.6 is 0 Å². The number of hydrogen-bond acceptors (Lipinski definition) is 4. The van der Waals surface area contributed by atoms with E-state index in [2.05, 4.69) is 29.4 Å². The summed E-state index contributed by atoms with van der Waals surface area (Å²) in [5.41, 5.74) is 0.603. The van der Waals surface area contributed by atoms with Crippen molar-refractivity contribution < 1.29 is 8.42 Å². The molecule has 1 fully saturated rings. The molecule has 1 aliphatic heterocycles. The van der Waals surface area contributed by atoms with Crippen LogP contribution in [0.15, 0.2) is 11.1 Å². The summed E-state index contributed by atoms with van der Waals surface area (Å²) in [4.78, 5) is 0.300. The Balaban J connectivity index is 2.21. The second-order valence-electron chi connectivity index (χ2n) is 5.69. The number of aromatic nitrogens is 2. The first-order chi connectivity index (χ1) is 9.43. The fourth-order valence-corrected chi connectivity index (χ4v) is 4.41. The van der Waals surface area contributed by atoms with E-state index in [4.69, 9.17) is 0 Å². The van der Waals surface area contributed by atoms with Crippen molar-refractivity contribution in [1.29, 1.82) is 0 Å². The van der Waals surface area contributed by atoms with E-state index in [-0.39, 0.29) is 6.04 Å². The SMILES string of the molecule is Cc1[nH]ncc1S(=O)(=O)N1CCCCC1CNC(C)C. The zero-order chi connectivity index (χ0) is 14.8. The lowest BCUT2D eigenvalue weighted by Crippen LogP contribution is -2.49. The number of H-pyrrole nitrogens is 1. The van der Waals surface area contributed by atoms with Crippen LogP contribution in [0.2, 0.25) is 0 Å². The number of hydrogen-bond donors (Lipinski definition) is 2. The van der Waals surface area contributed by atoms with E-state index >= 15 is 0 Å². The Morgan fingerprint density at radius 1 is 1.50 bits per heavy atom. The van der Waals surface area contributed by atoms with Gasteiger partial charge < -0.3 is 5.32 Å². The number of aromatic amines is 1. The fourth-order valence-electron chi connectivity index (χ4n) is 2.59. The van der Waals surface area contributed by atoms with Gasteiger partial charge in [-0.25, -0.2) is 8.42 Å². The maximum absolute atomic E-state index is 12.8. The minimum atomic E-state index is -3.45. The lowest BCUT2D eigenvalue weighted by molar-refractivity contribution is 0.242. The largest absolute Gasteiger partial charge is 0.313 e. The maximum atomic E-state index is 12.8. The van der Waals surface area contributed by atoms with Crippen molar-refractivity contribution >= 4 is 10.0 Å². The zero-order valence-electron chi connectivity index (χ0n) is 12.4. The molecule has 6 nitrogen and oxygen atoms in total. The summed E-state index contributed by atoms with van der Waals surface area (Å²) >= 11 is 0. The standard InChI is InChI=1S/C13H24N4O2S/c1-10(2)14-8-12-6-4-5-7-17(12)20(18,19)13-9-15-16-11(13)3/h9-10,12,14H,4-8H2,1-3H3,(H,15,16). The van der Waals surface area contributed by atoms with Crippen LogP contribution in [-0.2, 0) is 10.0 Å². The van der Waals surface area contributed by atoms with Gasteiger partial charge in [-0.3, -0.25) is 5.10 Å². The number of piperidine rings is 1. The highest BCUT2D eigenvalue weighted by molar-refractivity contribution is 7.89. The number of aryl methyl sites for hydroxylation is 1. The van der Waals surface area contributed by atoms with E-state index in [1.54, 1.807) is 11.2 Å². The molecule has 0 aromatic carbocycles. The first-order valence-electron chi connectivity index (χ1n) is 7.18. The van der Waals surface area contributed by atoms with Crippen LogP contribution in [0.5, 0.6) is 0 Å². The average molecular weight is 300 g/mol. The molecule has 1 saturated heterocycles. The van der Waals surface area contributed by atoms with Gasteiger partial charge in [0.15, 0.2) is 0 Å². The lowest BCUT2D eigenvalue weighted by Gasteiger charge is -2.35. The van der Waals surface area contributed by atoms with Crippen molar-refractivity contribution in [2.45, 2.75) is 57.0 Å². The van der Waals surface area contributed by atoms with E-state index in [1.165, 1.54) is 6.20 Å². The van der Waals surface area contributed by atoms with Gasteiger partial charge >= 0.3 is 0 Å². The van der Waals surface area contributed by atoms with Crippen LogP contribution in [0, 0.1) is 6.92 Å². The van der Waals surface area contributed by atoms with Crippen molar-refractivity contribution in [2.24, 2.45) is 0 Å². The summed E-state index contributed by atoms with van der Waals surface area (Å²) in [6, 6.07) is 0.391. The molecule has 1 unspecified atom stereocenters. The van der Waals surface area contributed by atoms with Crippen LogP contribution in [0.3, 0.4) is 0 Å². The Morgan fingerprint density at radius 3 is 2.85 bits per heavy atom. The molecule has 1 aliphatic rings. The third kappa shape index (κ3) is 3.21. The molecule has 0 radical (unpaired) electrons. The molecular weight excluding hydrogens is 276 g/mol. The minimum Gasteiger partial charge on any atom is -0.313 e. The minimum absolute atomic E-state index is 0.0328. The van der Waals surface area contributed by atoms with Gasteiger partial charge in [0.2, 0.25) is 10.0 Å². The van der Waals surface area contributed by atoms with Crippen LogP contribution in [-0.4, -0.2) is 48.1 Å². The van der Waals surface area contributed by atoms with Gasteiger partial charge in [0.25, 0.3) is 0 Å². The molecule has 20 heavy (non-hydrogen) atoms. The second kappa shape index (κ2) is 6.24. The summed E-state index contributed by atoms with van der Waals surface area (Å²) in [5, 5.41) is 9.89. The maximum Gasteiger partial charge on any atom is 0.246 e. The molecule has 1 aromatic rings. The predicted octanol–water partition coefficient (Wildman–Crippen LogP) is 1.26. The summed E-state index contributed by atoms with van der Waals surface area (Å²) in [5.74, 6) is 0. The van der Waals surface area contributed by atoms with E-state index in [1.807, 2.05) is 0 Å². The third-order valence-electron chi connectivity index (χ3n) is 3.71. The van der Waals surface area contributed by atoms with E-state index in [0.29, 0.717) is 29.7 Å². The van der Waals surface area contributed by atoms with Crippen LogP contribution in [0.1, 0.15) is 38.8 Å². The Hall–Kier alpha value is -0.920. The fraction of sp³-hybridized carbons (Fsp3) is 0.769. The van der Waals surface area contributed by atoms with Crippen molar-refractivity contribution in [3.8, 4) is 0 Å². The zero-order valence-corrected chi connectivity index (χ0v) is 13.2. The van der Waals surface area contributed by atoms with Crippen LogP contribution < -0.4 is 5.32 Å². The van der Waals surface area contributed by atoms with Crippen molar-refractivity contribution in [3.63, 3.8) is 0 Å². The summed E-state index contributed by atoms with van der Waals surface area (Å²) in [6.07, 6.45) is 4.33. The first-order valence-corrected chi connectivity index (χ1v) is 8.62. The van der Waals surface area contributed by atoms with Crippen LogP contribution in [0.25, 0.3) is 0 Å². The van der Waals surface area contributed by atoms with E-state index in [0.717, 1.165) is 19.3 Å². The van der Waals surface area contributed by atoms with Gasteiger partial charge in [0.05, 0.1) is 11.9 Å². The Bertz CT molecular complexity index is 538. The highest BCUT2D eigenvalue weighted by Crippen LogP contribution is 2.26. The molecule has 2 heterocycles. The Kier molecular flexibility index (Phi) is 4.82. The second-order valence-corrected chi connectivity index (χ2v) is 7.55. The molecule has 0 aliphatic carbocycles. The quantitative estimate of drug-likeness (QED) is 0.858. The summed E-state index contributed by atoms with van der Waals surface area (Å²) in [7, 11) is -3.45. The van der Waals surface area contributed by atoms with E-state index in [9.17, 15) is 8.42 Å². The lowest BCUT2D eigenvalue weighted by atomic mass is 10.0. The molecule has 2 N–H and O–H groups in total. The molecule has 1 atom stereocenters. The molecule has 0 amide bonds. The monoisotopic (exact) mass is 300 g/mol. The molecule has 0 saturated carbocycles. The normalized spacial score (nSPS) is 21.5. The smallest absolute Gasteiger partial charge is 0.246 e. The van der Waals surface area contributed by atoms with Crippen molar-refractivity contribution in [2.75, 3.05) is 13.1 Å². The van der Waals surface area contributed by atoms with Gasteiger partial charge in [-0.1, -0.05) is 20.3 Å². The number of rotatable bonds is 5. The molecule has 0 spiro atoms. The van der Waals surface area contributed by atoms with Crippen molar-refractivity contribution in [1.82, 2.24) is 19.8 Å². The Labute approximate surface area is 121 Å². The first kappa shape index (κ1) is 15.5. The van der Waals surface area contributed by atoms with E-state index < -0.39 is 10.0 Å². The van der Waals surface area contributed by atoms with Gasteiger partial charge in [0.1, 0.15) is 4.90 Å². The summed E-state index contributed by atoms with van der Waals surface area (Å²) in [6.45, 7) is 7.18. The molecule has 1 aromatic heterocycles. The third-order valence-corrected chi connectivity index (χ3v) is 5.77. The highest BCUT2D eigenvalue weighted by atomic mass is 32.2.